The Balaban J connectivity index is 1.42. The second-order valence-corrected chi connectivity index (χ2v) is 8.86. The number of amides is 1. The summed E-state index contributed by atoms with van der Waals surface area (Å²) in [5.74, 6) is -3.72. The van der Waals surface area contributed by atoms with Crippen molar-refractivity contribution in [3.8, 4) is 0 Å². The molecule has 1 N–H and O–H groups in total. The Morgan fingerprint density at radius 3 is 2.81 bits per heavy atom. The highest BCUT2D eigenvalue weighted by atomic mass is 32.1. The number of alkyl halides is 2. The fraction of sp³-hybridized carbons (Fsp3) is 0.429. The summed E-state index contributed by atoms with van der Waals surface area (Å²) >= 11 is 1.09. The zero-order valence-corrected chi connectivity index (χ0v) is 17.5. The van der Waals surface area contributed by atoms with Crippen molar-refractivity contribution in [2.45, 2.75) is 50.7 Å². The highest BCUT2D eigenvalue weighted by molar-refractivity contribution is 7.21. The average molecular weight is 445 g/mol. The van der Waals surface area contributed by atoms with Gasteiger partial charge in [-0.05, 0) is 24.8 Å². The van der Waals surface area contributed by atoms with Crippen LogP contribution in [-0.4, -0.2) is 33.0 Å². The number of benzene rings is 1. The molecule has 5 rings (SSSR count). The lowest BCUT2D eigenvalue weighted by atomic mass is 10.1. The number of anilines is 1. The van der Waals surface area contributed by atoms with Crippen molar-refractivity contribution >= 4 is 32.7 Å². The molecule has 3 aromatic rings. The summed E-state index contributed by atoms with van der Waals surface area (Å²) in [7, 11) is 0. The van der Waals surface area contributed by atoms with Gasteiger partial charge in [0.15, 0.2) is 21.3 Å². The summed E-state index contributed by atoms with van der Waals surface area (Å²) in [4.78, 5) is 36.2. The van der Waals surface area contributed by atoms with Gasteiger partial charge in [-0.2, -0.15) is 8.78 Å². The van der Waals surface area contributed by atoms with Gasteiger partial charge in [-0.25, -0.2) is 9.97 Å². The Labute approximate surface area is 180 Å². The van der Waals surface area contributed by atoms with Gasteiger partial charge in [-0.15, -0.1) is 0 Å². The van der Waals surface area contributed by atoms with E-state index < -0.39 is 23.3 Å². The molecule has 31 heavy (non-hydrogen) atoms. The van der Waals surface area contributed by atoms with Crippen molar-refractivity contribution in [1.82, 2.24) is 19.9 Å². The fourth-order valence-corrected chi connectivity index (χ4v) is 5.26. The fourth-order valence-electron chi connectivity index (χ4n) is 4.25. The zero-order valence-electron chi connectivity index (χ0n) is 16.7. The molecule has 0 radical (unpaired) electrons. The monoisotopic (exact) mass is 445 g/mol. The summed E-state index contributed by atoms with van der Waals surface area (Å²) in [5, 5.41) is 3.43. The number of fused-ring (bicyclic) bond motifs is 2. The van der Waals surface area contributed by atoms with Gasteiger partial charge in [-0.1, -0.05) is 41.7 Å². The average Bonchev–Trinajstić information content (AvgIpc) is 3.41. The molecule has 0 spiro atoms. The lowest BCUT2D eigenvalue weighted by Crippen LogP contribution is -2.43. The first-order chi connectivity index (χ1) is 14.9. The van der Waals surface area contributed by atoms with E-state index in [4.69, 9.17) is 0 Å². The molecule has 1 amide bonds. The molecule has 0 bridgehead atoms. The summed E-state index contributed by atoms with van der Waals surface area (Å²) in [5.41, 5.74) is 0.562. The number of nitrogens with one attached hydrogen (secondary N) is 1. The Morgan fingerprint density at radius 2 is 2.00 bits per heavy atom. The number of carbonyl (C=O) groups excluding carboxylic acids is 1. The van der Waals surface area contributed by atoms with E-state index in [0.717, 1.165) is 27.9 Å². The van der Waals surface area contributed by atoms with Crippen LogP contribution in [0.4, 0.5) is 13.9 Å². The summed E-state index contributed by atoms with van der Waals surface area (Å²) in [6.07, 6.45) is 1.38. The van der Waals surface area contributed by atoms with E-state index in [-0.39, 0.29) is 35.6 Å². The molecule has 2 aliphatic rings. The second-order valence-electron chi connectivity index (χ2n) is 7.91. The summed E-state index contributed by atoms with van der Waals surface area (Å²) < 4.78 is 29.7. The highest BCUT2D eigenvalue weighted by Gasteiger charge is 2.41. The van der Waals surface area contributed by atoms with Crippen LogP contribution in [-0.2, 0) is 23.8 Å². The molecule has 1 atom stereocenters. The normalized spacial score (nSPS) is 20.1. The van der Waals surface area contributed by atoms with E-state index in [1.54, 1.807) is 0 Å². The van der Waals surface area contributed by atoms with Crippen molar-refractivity contribution in [2.24, 2.45) is 0 Å². The third-order valence-corrected chi connectivity index (χ3v) is 6.81. The number of hydrogen-bond acceptors (Lipinski definition) is 6. The Kier molecular flexibility index (Phi) is 4.96. The quantitative estimate of drug-likeness (QED) is 0.668. The van der Waals surface area contributed by atoms with Gasteiger partial charge in [0, 0.05) is 26.1 Å². The van der Waals surface area contributed by atoms with Crippen LogP contribution in [0.1, 0.15) is 37.1 Å². The standard InChI is InChI=1S/C21H21F2N5O2S/c22-21(23)9-5-11-28-18(30)15-17(26-19(21)28)31-20(25-15)27-10-4-8-14(27)16(29)24-12-13-6-2-1-3-7-13/h1-3,6-7,14H,4-5,8-12H2,(H,24,29). The highest BCUT2D eigenvalue weighted by Crippen LogP contribution is 2.37. The number of aromatic nitrogens is 3. The molecule has 1 fully saturated rings. The Bertz CT molecular complexity index is 1190. The minimum absolute atomic E-state index is 0.0943. The molecule has 7 nitrogen and oxygen atoms in total. The van der Waals surface area contributed by atoms with Crippen LogP contribution >= 0.6 is 11.3 Å². The van der Waals surface area contributed by atoms with E-state index in [9.17, 15) is 18.4 Å². The van der Waals surface area contributed by atoms with Crippen molar-refractivity contribution in [3.63, 3.8) is 0 Å². The van der Waals surface area contributed by atoms with Gasteiger partial charge in [-0.3, -0.25) is 14.2 Å². The maximum atomic E-state index is 14.3. The lowest BCUT2D eigenvalue weighted by molar-refractivity contribution is -0.122. The van der Waals surface area contributed by atoms with Crippen molar-refractivity contribution < 1.29 is 13.6 Å². The molecule has 1 aromatic carbocycles. The van der Waals surface area contributed by atoms with Crippen molar-refractivity contribution in [3.05, 3.63) is 52.1 Å². The van der Waals surface area contributed by atoms with Crippen LogP contribution in [0.25, 0.3) is 10.3 Å². The molecule has 2 aliphatic heterocycles. The molecule has 162 valence electrons. The van der Waals surface area contributed by atoms with Crippen LogP contribution in [0.15, 0.2) is 35.1 Å². The molecule has 4 heterocycles. The molecule has 1 saturated heterocycles. The smallest absolute Gasteiger partial charge is 0.305 e. The van der Waals surface area contributed by atoms with Gasteiger partial charge in [0.1, 0.15) is 6.04 Å². The van der Waals surface area contributed by atoms with Crippen molar-refractivity contribution in [1.29, 1.82) is 0 Å². The predicted molar refractivity (Wildman–Crippen MR) is 113 cm³/mol. The van der Waals surface area contributed by atoms with E-state index in [1.165, 1.54) is 0 Å². The van der Waals surface area contributed by atoms with E-state index in [2.05, 4.69) is 15.3 Å². The molecule has 0 aliphatic carbocycles. The Morgan fingerprint density at radius 1 is 1.19 bits per heavy atom. The second kappa shape index (κ2) is 7.67. The minimum Gasteiger partial charge on any atom is -0.350 e. The Hall–Kier alpha value is -2.88. The number of thiazole rings is 1. The van der Waals surface area contributed by atoms with Crippen LogP contribution in [0, 0.1) is 0 Å². The molecule has 1 unspecified atom stereocenters. The molecule has 0 saturated carbocycles. The van der Waals surface area contributed by atoms with Gasteiger partial charge < -0.3 is 10.2 Å². The minimum atomic E-state index is -3.12. The third kappa shape index (κ3) is 3.58. The molecular formula is C21H21F2N5O2S. The van der Waals surface area contributed by atoms with Crippen LogP contribution in [0.3, 0.4) is 0 Å². The van der Waals surface area contributed by atoms with Gasteiger partial charge >= 0.3 is 5.92 Å². The molecular weight excluding hydrogens is 424 g/mol. The molecule has 10 heteroatoms. The maximum Gasteiger partial charge on any atom is 0.305 e. The number of halogens is 2. The van der Waals surface area contributed by atoms with Crippen LogP contribution in [0.5, 0.6) is 0 Å². The summed E-state index contributed by atoms with van der Waals surface area (Å²) in [6, 6.07) is 9.22. The molecule has 2 aromatic heterocycles. The SMILES string of the molecule is O=C(NCc1ccccc1)C1CCCN1c1nc2c(=O)n3c(nc2s1)C(F)(F)CCC3. The van der Waals surface area contributed by atoms with E-state index in [0.29, 0.717) is 24.6 Å². The number of hydrogen-bond donors (Lipinski definition) is 1. The number of rotatable bonds is 4. The van der Waals surface area contributed by atoms with Gasteiger partial charge in [0.05, 0.1) is 0 Å². The first-order valence-electron chi connectivity index (χ1n) is 10.3. The van der Waals surface area contributed by atoms with Gasteiger partial charge in [0.2, 0.25) is 5.91 Å². The maximum absolute atomic E-state index is 14.3. The third-order valence-electron chi connectivity index (χ3n) is 5.82. The lowest BCUT2D eigenvalue weighted by Gasteiger charge is -2.24. The van der Waals surface area contributed by atoms with E-state index in [1.807, 2.05) is 35.2 Å². The van der Waals surface area contributed by atoms with Crippen molar-refractivity contribution in [2.75, 3.05) is 11.4 Å². The number of nitrogens with zero attached hydrogens (tertiary/aromatic N) is 4. The summed E-state index contributed by atoms with van der Waals surface area (Å²) in [6.45, 7) is 1.25. The van der Waals surface area contributed by atoms with E-state index >= 15 is 0 Å². The van der Waals surface area contributed by atoms with Crippen LogP contribution < -0.4 is 15.8 Å². The zero-order chi connectivity index (χ0) is 21.6. The van der Waals surface area contributed by atoms with Gasteiger partial charge in [0.25, 0.3) is 5.56 Å². The topological polar surface area (TPSA) is 80.1 Å². The first kappa shape index (κ1) is 20.0. The first-order valence-corrected chi connectivity index (χ1v) is 11.1. The largest absolute Gasteiger partial charge is 0.350 e. The number of carbonyl (C=O) groups is 1. The van der Waals surface area contributed by atoms with Crippen LogP contribution in [0.2, 0.25) is 0 Å². The predicted octanol–water partition coefficient (Wildman–Crippen LogP) is 3.02.